The molecule has 0 aliphatic rings. The van der Waals surface area contributed by atoms with Crippen molar-refractivity contribution in [3.63, 3.8) is 0 Å². The molecule has 6 nitrogen and oxygen atoms in total. The average molecular weight is 495 g/mol. The third-order valence-electron chi connectivity index (χ3n) is 3.62. The molecule has 0 spiro atoms. The van der Waals surface area contributed by atoms with Gasteiger partial charge in [-0.15, -0.1) is 0 Å². The summed E-state index contributed by atoms with van der Waals surface area (Å²) in [7, 11) is -6.06. The summed E-state index contributed by atoms with van der Waals surface area (Å²) in [5, 5.41) is 13.7. The van der Waals surface area contributed by atoms with Crippen LogP contribution in [0.25, 0.3) is 5.69 Å². The molecule has 15 heteroatoms. The van der Waals surface area contributed by atoms with Gasteiger partial charge >= 0.3 is 11.7 Å². The molecular weight excluding hydrogens is 485 g/mol. The van der Waals surface area contributed by atoms with Crippen LogP contribution in [0.3, 0.4) is 0 Å². The Morgan fingerprint density at radius 1 is 1.17 bits per heavy atom. The number of nitrogens with zero attached hydrogens (tertiary/aromatic N) is 3. The van der Waals surface area contributed by atoms with Crippen molar-refractivity contribution in [3.05, 3.63) is 33.4 Å². The Kier molecular flexibility index (Phi) is 6.56. The van der Waals surface area contributed by atoms with E-state index in [2.05, 4.69) is 10.4 Å². The third kappa shape index (κ3) is 4.30. The summed E-state index contributed by atoms with van der Waals surface area (Å²) in [5.74, 6) is -0.811. The number of sulfone groups is 1. The molecule has 30 heavy (non-hydrogen) atoms. The van der Waals surface area contributed by atoms with Gasteiger partial charge in [0.1, 0.15) is 11.8 Å². The Hall–Kier alpha value is -2.17. The van der Waals surface area contributed by atoms with E-state index in [0.717, 1.165) is 0 Å². The van der Waals surface area contributed by atoms with E-state index < -0.39 is 59.2 Å². The van der Waals surface area contributed by atoms with Crippen molar-refractivity contribution in [3.8, 4) is 11.8 Å². The summed E-state index contributed by atoms with van der Waals surface area (Å²) in [6.07, 6.45) is -4.52. The normalized spacial score (nSPS) is 12.7. The van der Waals surface area contributed by atoms with Crippen LogP contribution < -0.4 is 5.32 Å². The van der Waals surface area contributed by atoms with Crippen molar-refractivity contribution in [2.24, 2.45) is 0 Å². The van der Waals surface area contributed by atoms with E-state index in [0.29, 0.717) is 23.2 Å². The fourth-order valence-corrected chi connectivity index (χ4v) is 3.97. The van der Waals surface area contributed by atoms with Crippen LogP contribution >= 0.6 is 23.2 Å². The molecule has 2 rings (SSSR count). The molecule has 0 amide bonds. The zero-order chi connectivity index (χ0) is 23.1. The number of aromatic nitrogens is 2. The Morgan fingerprint density at radius 2 is 1.70 bits per heavy atom. The van der Waals surface area contributed by atoms with Crippen molar-refractivity contribution >= 4 is 38.9 Å². The topological polar surface area (TPSA) is 87.8 Å². The molecule has 0 saturated carbocycles. The molecule has 0 radical (unpaired) electrons. The maximum Gasteiger partial charge on any atom is 0.502 e. The first-order valence-corrected chi connectivity index (χ1v) is 10.1. The zero-order valence-corrected chi connectivity index (χ0v) is 17.0. The van der Waals surface area contributed by atoms with E-state index in [1.165, 1.54) is 6.07 Å². The number of hydrogen-bond acceptors (Lipinski definition) is 5. The summed E-state index contributed by atoms with van der Waals surface area (Å²) in [5.41, 5.74) is -8.70. The molecule has 0 aliphatic heterocycles. The van der Waals surface area contributed by atoms with Crippen molar-refractivity contribution in [1.82, 2.24) is 9.78 Å². The lowest BCUT2D eigenvalue weighted by molar-refractivity contribution is -0.137. The molecule has 1 heterocycles. The molecule has 164 valence electrons. The minimum absolute atomic E-state index is 0.0627. The standard InChI is InChI=1S/C15H10Cl2F6N4O2S/c1-2-3-25-13-12(30(28,29)15(21,22)23)10(6-24)26-27(13)11-8(16)4-7(5-9(11)17)14(18,19)20/h4-5,25H,2-3H2,1H3. The Labute approximate surface area is 175 Å². The van der Waals surface area contributed by atoms with Crippen LogP contribution in [0.2, 0.25) is 10.0 Å². The molecule has 0 unspecified atom stereocenters. The van der Waals surface area contributed by atoms with Gasteiger partial charge in [-0.25, -0.2) is 13.1 Å². The van der Waals surface area contributed by atoms with Crippen LogP contribution in [-0.4, -0.2) is 30.3 Å². The molecule has 0 bridgehead atoms. The highest BCUT2D eigenvalue weighted by molar-refractivity contribution is 7.92. The number of alkyl halides is 6. The molecule has 0 aliphatic carbocycles. The summed E-state index contributed by atoms with van der Waals surface area (Å²) in [4.78, 5) is -1.49. The first-order valence-electron chi connectivity index (χ1n) is 7.81. The molecule has 1 aromatic heterocycles. The maximum atomic E-state index is 13.2. The smallest absolute Gasteiger partial charge is 0.369 e. The third-order valence-corrected chi connectivity index (χ3v) is 5.73. The van der Waals surface area contributed by atoms with Gasteiger partial charge < -0.3 is 5.32 Å². The van der Waals surface area contributed by atoms with Crippen LogP contribution in [-0.2, 0) is 16.0 Å². The van der Waals surface area contributed by atoms with Crippen molar-refractivity contribution in [2.75, 3.05) is 11.9 Å². The Bertz CT molecular complexity index is 1100. The monoisotopic (exact) mass is 494 g/mol. The van der Waals surface area contributed by atoms with Crippen molar-refractivity contribution in [2.45, 2.75) is 29.9 Å². The largest absolute Gasteiger partial charge is 0.502 e. The summed E-state index contributed by atoms with van der Waals surface area (Å²) < 4.78 is 103. The minimum Gasteiger partial charge on any atom is -0.369 e. The summed E-state index contributed by atoms with van der Waals surface area (Å²) >= 11 is 11.7. The number of benzene rings is 1. The second-order valence-electron chi connectivity index (χ2n) is 5.71. The molecular formula is C15H10Cl2F6N4O2S. The lowest BCUT2D eigenvalue weighted by atomic mass is 10.2. The van der Waals surface area contributed by atoms with Crippen molar-refractivity contribution in [1.29, 1.82) is 5.26 Å². The predicted molar refractivity (Wildman–Crippen MR) is 95.3 cm³/mol. The molecule has 0 saturated heterocycles. The average Bonchev–Trinajstić information content (AvgIpc) is 2.96. The highest BCUT2D eigenvalue weighted by atomic mass is 35.5. The van der Waals surface area contributed by atoms with Gasteiger partial charge in [-0.1, -0.05) is 30.1 Å². The van der Waals surface area contributed by atoms with Gasteiger partial charge in [-0.05, 0) is 18.6 Å². The number of halogens is 8. The molecule has 0 fully saturated rings. The van der Waals surface area contributed by atoms with Gasteiger partial charge in [0.25, 0.3) is 9.84 Å². The number of rotatable bonds is 5. The molecule has 2 aromatic rings. The van der Waals surface area contributed by atoms with E-state index >= 15 is 0 Å². The van der Waals surface area contributed by atoms with Crippen LogP contribution in [0.5, 0.6) is 0 Å². The van der Waals surface area contributed by atoms with E-state index in [1.807, 2.05) is 0 Å². The maximum absolute atomic E-state index is 13.2. The van der Waals surface area contributed by atoms with Crippen molar-refractivity contribution < 1.29 is 34.8 Å². The fraction of sp³-hybridized carbons (Fsp3) is 0.333. The molecule has 1 aromatic carbocycles. The zero-order valence-electron chi connectivity index (χ0n) is 14.7. The van der Waals surface area contributed by atoms with E-state index in [1.54, 1.807) is 6.92 Å². The quantitative estimate of drug-likeness (QED) is 0.578. The van der Waals surface area contributed by atoms with E-state index in [4.69, 9.17) is 28.5 Å². The molecule has 1 N–H and O–H groups in total. The van der Waals surface area contributed by atoms with Crippen LogP contribution in [0.4, 0.5) is 32.2 Å². The van der Waals surface area contributed by atoms with Crippen LogP contribution in [0, 0.1) is 11.3 Å². The molecule has 0 atom stereocenters. The summed E-state index contributed by atoms with van der Waals surface area (Å²) in [6.45, 7) is 1.54. The van der Waals surface area contributed by atoms with Gasteiger partial charge in [0, 0.05) is 6.54 Å². The van der Waals surface area contributed by atoms with Gasteiger partial charge in [0.15, 0.2) is 16.4 Å². The van der Waals surface area contributed by atoms with E-state index in [-0.39, 0.29) is 6.54 Å². The van der Waals surface area contributed by atoms with Gasteiger partial charge in [-0.2, -0.15) is 36.7 Å². The van der Waals surface area contributed by atoms with Gasteiger partial charge in [-0.3, -0.25) is 0 Å². The van der Waals surface area contributed by atoms with Crippen LogP contribution in [0.1, 0.15) is 24.6 Å². The Morgan fingerprint density at radius 3 is 2.10 bits per heavy atom. The Balaban J connectivity index is 2.91. The van der Waals surface area contributed by atoms with E-state index in [9.17, 15) is 34.8 Å². The predicted octanol–water partition coefficient (Wildman–Crippen LogP) is 5.18. The second kappa shape index (κ2) is 8.16. The lowest BCUT2D eigenvalue weighted by Gasteiger charge is -2.16. The number of nitrogens with one attached hydrogen (secondary N) is 1. The highest BCUT2D eigenvalue weighted by Gasteiger charge is 2.51. The number of hydrogen-bond donors (Lipinski definition) is 1. The lowest BCUT2D eigenvalue weighted by Crippen LogP contribution is -2.25. The first-order chi connectivity index (χ1) is 13.7. The fourth-order valence-electron chi connectivity index (χ4n) is 2.34. The first kappa shape index (κ1) is 24.1. The summed E-state index contributed by atoms with van der Waals surface area (Å²) in [6, 6.07) is 2.12. The minimum atomic E-state index is -6.06. The SMILES string of the molecule is CCCNc1c(S(=O)(=O)C(F)(F)F)c(C#N)nn1-c1c(Cl)cc(C(F)(F)F)cc1Cl. The van der Waals surface area contributed by atoms with Gasteiger partial charge in [0.05, 0.1) is 15.6 Å². The van der Waals surface area contributed by atoms with Gasteiger partial charge in [0.2, 0.25) is 0 Å². The number of anilines is 1. The highest BCUT2D eigenvalue weighted by Crippen LogP contribution is 2.42. The van der Waals surface area contributed by atoms with Crippen LogP contribution in [0.15, 0.2) is 17.0 Å². The second-order valence-corrected chi connectivity index (χ2v) is 8.40. The number of nitriles is 1.